The monoisotopic (exact) mass is 230 g/mol. The van der Waals surface area contributed by atoms with E-state index in [-0.39, 0.29) is 12.1 Å². The van der Waals surface area contributed by atoms with Gasteiger partial charge in [0.25, 0.3) is 0 Å². The number of morpholine rings is 1. The van der Waals surface area contributed by atoms with E-state index in [1.807, 2.05) is 0 Å². The molecule has 2 unspecified atom stereocenters. The van der Waals surface area contributed by atoms with Gasteiger partial charge < -0.3 is 15.2 Å². The van der Waals surface area contributed by atoms with Crippen LogP contribution in [0.15, 0.2) is 0 Å². The lowest BCUT2D eigenvalue weighted by Gasteiger charge is -2.37. The van der Waals surface area contributed by atoms with Crippen LogP contribution in [-0.4, -0.2) is 56.5 Å². The largest absolute Gasteiger partial charge is 0.385 e. The first-order valence-corrected chi connectivity index (χ1v) is 6.25. The minimum atomic E-state index is 0.136. The maximum atomic E-state index is 6.14. The zero-order valence-corrected chi connectivity index (χ0v) is 10.8. The van der Waals surface area contributed by atoms with E-state index in [1.165, 1.54) is 0 Å². The first kappa shape index (κ1) is 13.9. The quantitative estimate of drug-likeness (QED) is 0.687. The summed E-state index contributed by atoms with van der Waals surface area (Å²) in [5.41, 5.74) is 6.14. The second-order valence-electron chi connectivity index (χ2n) is 4.80. The predicted molar refractivity (Wildman–Crippen MR) is 65.5 cm³/mol. The summed E-state index contributed by atoms with van der Waals surface area (Å²) < 4.78 is 10.8. The topological polar surface area (TPSA) is 47.7 Å². The van der Waals surface area contributed by atoms with Crippen molar-refractivity contribution in [3.63, 3.8) is 0 Å². The fraction of sp³-hybridized carbons (Fsp3) is 1.00. The van der Waals surface area contributed by atoms with Crippen molar-refractivity contribution in [2.45, 2.75) is 44.9 Å². The molecule has 4 heteroatoms. The molecule has 1 aliphatic rings. The molecule has 4 nitrogen and oxygen atoms in total. The molecule has 0 aromatic carbocycles. The van der Waals surface area contributed by atoms with E-state index >= 15 is 0 Å². The van der Waals surface area contributed by atoms with Gasteiger partial charge in [-0.25, -0.2) is 0 Å². The van der Waals surface area contributed by atoms with E-state index < -0.39 is 0 Å². The van der Waals surface area contributed by atoms with Gasteiger partial charge in [0.05, 0.1) is 12.7 Å². The van der Waals surface area contributed by atoms with Crippen LogP contribution in [0.5, 0.6) is 0 Å². The Hall–Kier alpha value is -0.160. The first-order chi connectivity index (χ1) is 7.65. The van der Waals surface area contributed by atoms with Crippen LogP contribution >= 0.6 is 0 Å². The van der Waals surface area contributed by atoms with E-state index in [4.69, 9.17) is 15.2 Å². The summed E-state index contributed by atoms with van der Waals surface area (Å²) in [4.78, 5) is 2.43. The lowest BCUT2D eigenvalue weighted by molar-refractivity contribution is -0.0514. The zero-order valence-electron chi connectivity index (χ0n) is 10.8. The van der Waals surface area contributed by atoms with Crippen LogP contribution in [-0.2, 0) is 9.47 Å². The van der Waals surface area contributed by atoms with Crippen molar-refractivity contribution in [3.05, 3.63) is 0 Å². The van der Waals surface area contributed by atoms with Gasteiger partial charge in [-0.3, -0.25) is 4.90 Å². The number of hydrogen-bond acceptors (Lipinski definition) is 4. The molecule has 0 spiro atoms. The average Bonchev–Trinajstić information content (AvgIpc) is 2.29. The first-order valence-electron chi connectivity index (χ1n) is 6.25. The Balaban J connectivity index is 2.29. The van der Waals surface area contributed by atoms with Gasteiger partial charge in [-0.15, -0.1) is 0 Å². The standard InChI is InChI=1S/C12H26N2O2/c1-10(2)14-6-8-16-12(9-14)11(13)5-4-7-15-3/h10-12H,4-9,13H2,1-3H3. The van der Waals surface area contributed by atoms with Crippen LogP contribution in [0, 0.1) is 0 Å². The molecule has 2 N–H and O–H groups in total. The van der Waals surface area contributed by atoms with Gasteiger partial charge in [0.15, 0.2) is 0 Å². The lowest BCUT2D eigenvalue weighted by atomic mass is 10.0. The summed E-state index contributed by atoms with van der Waals surface area (Å²) in [6.07, 6.45) is 2.18. The molecular formula is C12H26N2O2. The number of rotatable bonds is 6. The maximum Gasteiger partial charge on any atom is 0.0853 e. The molecule has 0 aromatic heterocycles. The van der Waals surface area contributed by atoms with E-state index in [2.05, 4.69) is 18.7 Å². The molecule has 0 aliphatic carbocycles. The van der Waals surface area contributed by atoms with E-state index in [0.29, 0.717) is 6.04 Å². The van der Waals surface area contributed by atoms with E-state index in [0.717, 1.165) is 39.1 Å². The fourth-order valence-corrected chi connectivity index (χ4v) is 2.07. The molecule has 1 saturated heterocycles. The number of nitrogens with two attached hydrogens (primary N) is 1. The van der Waals surface area contributed by atoms with Gasteiger partial charge in [-0.05, 0) is 26.7 Å². The molecule has 0 radical (unpaired) electrons. The fourth-order valence-electron chi connectivity index (χ4n) is 2.07. The van der Waals surface area contributed by atoms with Gasteiger partial charge in [0.2, 0.25) is 0 Å². The molecule has 1 fully saturated rings. The summed E-state index contributed by atoms with van der Waals surface area (Å²) in [5.74, 6) is 0. The lowest BCUT2D eigenvalue weighted by Crippen LogP contribution is -2.52. The molecule has 2 atom stereocenters. The Morgan fingerprint density at radius 3 is 2.88 bits per heavy atom. The van der Waals surface area contributed by atoms with Crippen molar-refractivity contribution in [1.29, 1.82) is 0 Å². The van der Waals surface area contributed by atoms with Gasteiger partial charge in [-0.2, -0.15) is 0 Å². The number of ether oxygens (including phenoxy) is 2. The molecule has 0 amide bonds. The van der Waals surface area contributed by atoms with Crippen molar-refractivity contribution >= 4 is 0 Å². The second kappa shape index (κ2) is 7.22. The molecule has 1 heterocycles. The predicted octanol–water partition coefficient (Wildman–Crippen LogP) is 0.850. The van der Waals surface area contributed by atoms with Crippen LogP contribution in [0.25, 0.3) is 0 Å². The highest BCUT2D eigenvalue weighted by Crippen LogP contribution is 2.13. The van der Waals surface area contributed by atoms with Crippen LogP contribution in [0.3, 0.4) is 0 Å². The van der Waals surface area contributed by atoms with Crippen LogP contribution in [0.1, 0.15) is 26.7 Å². The minimum Gasteiger partial charge on any atom is -0.385 e. The van der Waals surface area contributed by atoms with Crippen molar-refractivity contribution in [1.82, 2.24) is 4.90 Å². The van der Waals surface area contributed by atoms with Gasteiger partial charge in [0.1, 0.15) is 0 Å². The molecule has 1 aliphatic heterocycles. The van der Waals surface area contributed by atoms with E-state index in [9.17, 15) is 0 Å². The summed E-state index contributed by atoms with van der Waals surface area (Å²) in [6.45, 7) is 8.03. The summed E-state index contributed by atoms with van der Waals surface area (Å²) in [7, 11) is 1.73. The third-order valence-electron chi connectivity index (χ3n) is 3.22. The van der Waals surface area contributed by atoms with Crippen LogP contribution in [0.2, 0.25) is 0 Å². The Morgan fingerprint density at radius 1 is 1.50 bits per heavy atom. The van der Waals surface area contributed by atoms with Gasteiger partial charge in [-0.1, -0.05) is 0 Å². The third kappa shape index (κ3) is 4.37. The Kier molecular flexibility index (Phi) is 6.28. The van der Waals surface area contributed by atoms with Crippen molar-refractivity contribution in [2.24, 2.45) is 5.73 Å². The Bertz CT molecular complexity index is 188. The molecule has 96 valence electrons. The van der Waals surface area contributed by atoms with Crippen LogP contribution in [0.4, 0.5) is 0 Å². The summed E-state index contributed by atoms with van der Waals surface area (Å²) in [5, 5.41) is 0. The zero-order chi connectivity index (χ0) is 12.0. The van der Waals surface area contributed by atoms with E-state index in [1.54, 1.807) is 7.11 Å². The maximum absolute atomic E-state index is 6.14. The number of methoxy groups -OCH3 is 1. The van der Waals surface area contributed by atoms with Crippen molar-refractivity contribution < 1.29 is 9.47 Å². The van der Waals surface area contributed by atoms with Crippen LogP contribution < -0.4 is 5.73 Å². The molecule has 0 bridgehead atoms. The summed E-state index contributed by atoms with van der Waals surface area (Å²) in [6, 6.07) is 0.717. The molecular weight excluding hydrogens is 204 g/mol. The molecule has 16 heavy (non-hydrogen) atoms. The number of hydrogen-bond donors (Lipinski definition) is 1. The SMILES string of the molecule is COCCCC(N)C1CN(C(C)C)CCO1. The highest BCUT2D eigenvalue weighted by atomic mass is 16.5. The van der Waals surface area contributed by atoms with Gasteiger partial charge in [0, 0.05) is 38.9 Å². The highest BCUT2D eigenvalue weighted by Gasteiger charge is 2.26. The number of nitrogens with zero attached hydrogens (tertiary/aromatic N) is 1. The minimum absolute atomic E-state index is 0.136. The summed E-state index contributed by atoms with van der Waals surface area (Å²) >= 11 is 0. The Morgan fingerprint density at radius 2 is 2.25 bits per heavy atom. The molecule has 0 aromatic rings. The Labute approximate surface area is 99.1 Å². The van der Waals surface area contributed by atoms with Crippen molar-refractivity contribution in [2.75, 3.05) is 33.4 Å². The molecule has 1 rings (SSSR count). The smallest absolute Gasteiger partial charge is 0.0853 e. The average molecular weight is 230 g/mol. The van der Waals surface area contributed by atoms with Crippen molar-refractivity contribution in [3.8, 4) is 0 Å². The molecule has 0 saturated carbocycles. The second-order valence-corrected chi connectivity index (χ2v) is 4.80. The normalized spacial score (nSPS) is 24.9. The van der Waals surface area contributed by atoms with Gasteiger partial charge >= 0.3 is 0 Å². The third-order valence-corrected chi connectivity index (χ3v) is 3.22. The highest BCUT2D eigenvalue weighted by molar-refractivity contribution is 4.81.